The molecule has 1 fully saturated rings. The van der Waals surface area contributed by atoms with Gasteiger partial charge in [-0.05, 0) is 36.8 Å². The number of aryl methyl sites for hydroxylation is 1. The topological polar surface area (TPSA) is 71.5 Å². The molecule has 0 spiro atoms. The van der Waals surface area contributed by atoms with Gasteiger partial charge in [0, 0.05) is 22.5 Å². The lowest BCUT2D eigenvalue weighted by Gasteiger charge is -2.38. The average Bonchev–Trinajstić information content (AvgIpc) is 3.06. The van der Waals surface area contributed by atoms with Gasteiger partial charge in [-0.1, -0.05) is 19.4 Å². The van der Waals surface area contributed by atoms with E-state index in [2.05, 4.69) is 17.2 Å². The molecule has 1 aliphatic rings. The summed E-state index contributed by atoms with van der Waals surface area (Å²) in [6, 6.07) is 5.55. The molecule has 6 heteroatoms. The van der Waals surface area contributed by atoms with Crippen molar-refractivity contribution in [3.63, 3.8) is 0 Å². The third-order valence-electron chi connectivity index (χ3n) is 4.65. The molecule has 1 saturated carbocycles. The summed E-state index contributed by atoms with van der Waals surface area (Å²) in [5.41, 5.74) is 1.65. The van der Waals surface area contributed by atoms with Gasteiger partial charge in [0.05, 0.1) is 24.8 Å². The Morgan fingerprint density at radius 3 is 2.88 bits per heavy atom. The third-order valence-corrected chi connectivity index (χ3v) is 5.64. The Labute approximate surface area is 152 Å². The van der Waals surface area contributed by atoms with Crippen molar-refractivity contribution in [1.29, 1.82) is 0 Å². The summed E-state index contributed by atoms with van der Waals surface area (Å²) in [5.74, 6) is 0.702. The highest BCUT2D eigenvalue weighted by molar-refractivity contribution is 7.10. The fourth-order valence-corrected chi connectivity index (χ4v) is 4.14. The molecule has 1 amide bonds. The van der Waals surface area contributed by atoms with Crippen LogP contribution in [-0.4, -0.2) is 29.2 Å². The predicted molar refractivity (Wildman–Crippen MR) is 98.0 cm³/mol. The van der Waals surface area contributed by atoms with Gasteiger partial charge in [-0.15, -0.1) is 11.3 Å². The highest BCUT2D eigenvalue weighted by Gasteiger charge is 2.36. The number of amides is 1. The van der Waals surface area contributed by atoms with Crippen LogP contribution in [0.3, 0.4) is 0 Å². The zero-order chi connectivity index (χ0) is 17.8. The molecule has 25 heavy (non-hydrogen) atoms. The molecule has 0 saturated heterocycles. The van der Waals surface area contributed by atoms with Crippen LogP contribution in [0.25, 0.3) is 0 Å². The van der Waals surface area contributed by atoms with Crippen LogP contribution in [0.5, 0.6) is 5.88 Å². The zero-order valence-corrected chi connectivity index (χ0v) is 15.4. The second-order valence-corrected chi connectivity index (χ2v) is 7.52. The predicted octanol–water partition coefficient (Wildman–Crippen LogP) is 3.35. The Hall–Kier alpha value is -1.92. The molecular formula is C19H24N2O3S. The van der Waals surface area contributed by atoms with Crippen LogP contribution in [0.2, 0.25) is 0 Å². The average molecular weight is 360 g/mol. The van der Waals surface area contributed by atoms with E-state index in [1.54, 1.807) is 30.7 Å². The van der Waals surface area contributed by atoms with Crippen molar-refractivity contribution in [1.82, 2.24) is 10.3 Å². The minimum atomic E-state index is -0.270. The Balaban J connectivity index is 1.75. The Kier molecular flexibility index (Phi) is 5.71. The van der Waals surface area contributed by atoms with Gasteiger partial charge in [-0.2, -0.15) is 0 Å². The Morgan fingerprint density at radius 2 is 2.28 bits per heavy atom. The first kappa shape index (κ1) is 17.9. The standard InChI is InChI=1S/C19H24N2O3S/c1-3-4-16-9-14(11-25-16)19(23)21-18(13-7-15(22)8-13)12-5-6-17(24-2)20-10-12/h5-6,9-11,13,15,18,22H,3-4,7-8H2,1-2H3,(H,21,23)/t13?,15?,18-/m0/s1. The maximum absolute atomic E-state index is 12.7. The molecule has 0 unspecified atom stereocenters. The fourth-order valence-electron chi connectivity index (χ4n) is 3.17. The molecule has 1 atom stereocenters. The van der Waals surface area contributed by atoms with Crippen LogP contribution in [0.1, 0.15) is 53.0 Å². The molecule has 2 aromatic rings. The van der Waals surface area contributed by atoms with E-state index in [0.717, 1.165) is 18.4 Å². The first-order chi connectivity index (χ1) is 12.1. The summed E-state index contributed by atoms with van der Waals surface area (Å²) in [6.07, 6.45) is 4.93. The number of methoxy groups -OCH3 is 1. The monoisotopic (exact) mass is 360 g/mol. The number of hydrogen-bond acceptors (Lipinski definition) is 5. The van der Waals surface area contributed by atoms with Crippen molar-refractivity contribution >= 4 is 17.2 Å². The van der Waals surface area contributed by atoms with Gasteiger partial charge in [0.15, 0.2) is 0 Å². The van der Waals surface area contributed by atoms with Crippen LogP contribution < -0.4 is 10.1 Å². The van der Waals surface area contributed by atoms with Crippen LogP contribution >= 0.6 is 11.3 Å². The van der Waals surface area contributed by atoms with Crippen molar-refractivity contribution in [2.24, 2.45) is 5.92 Å². The van der Waals surface area contributed by atoms with Gasteiger partial charge >= 0.3 is 0 Å². The van der Waals surface area contributed by atoms with E-state index in [9.17, 15) is 9.90 Å². The van der Waals surface area contributed by atoms with E-state index in [0.29, 0.717) is 24.3 Å². The van der Waals surface area contributed by atoms with E-state index in [-0.39, 0.29) is 24.0 Å². The Morgan fingerprint density at radius 1 is 1.48 bits per heavy atom. The van der Waals surface area contributed by atoms with Gasteiger partial charge in [0.2, 0.25) is 5.88 Å². The minimum absolute atomic E-state index is 0.0687. The number of carbonyl (C=O) groups excluding carboxylic acids is 1. The van der Waals surface area contributed by atoms with Crippen molar-refractivity contribution < 1.29 is 14.6 Å². The summed E-state index contributed by atoms with van der Waals surface area (Å²) < 4.78 is 5.11. The van der Waals surface area contributed by atoms with E-state index >= 15 is 0 Å². The molecule has 0 aliphatic heterocycles. The lowest BCUT2D eigenvalue weighted by atomic mass is 9.75. The number of thiophene rings is 1. The van der Waals surface area contributed by atoms with Gasteiger partial charge in [-0.25, -0.2) is 4.98 Å². The molecule has 2 aromatic heterocycles. The zero-order valence-electron chi connectivity index (χ0n) is 14.6. The van der Waals surface area contributed by atoms with Crippen LogP contribution in [0.4, 0.5) is 0 Å². The number of hydrogen-bond donors (Lipinski definition) is 2. The van der Waals surface area contributed by atoms with Crippen LogP contribution in [0.15, 0.2) is 29.8 Å². The summed E-state index contributed by atoms with van der Waals surface area (Å²) in [4.78, 5) is 18.2. The maximum atomic E-state index is 12.7. The van der Waals surface area contributed by atoms with Crippen LogP contribution in [0, 0.1) is 5.92 Å². The number of aliphatic hydroxyl groups is 1. The van der Waals surface area contributed by atoms with E-state index in [1.807, 2.05) is 17.5 Å². The number of aliphatic hydroxyl groups excluding tert-OH is 1. The van der Waals surface area contributed by atoms with Crippen molar-refractivity contribution in [2.75, 3.05) is 7.11 Å². The molecule has 2 heterocycles. The first-order valence-electron chi connectivity index (χ1n) is 8.67. The summed E-state index contributed by atoms with van der Waals surface area (Å²) >= 11 is 1.63. The van der Waals surface area contributed by atoms with Crippen LogP contribution in [-0.2, 0) is 6.42 Å². The molecule has 2 N–H and O–H groups in total. The molecule has 0 radical (unpaired) electrons. The fraction of sp³-hybridized carbons (Fsp3) is 0.474. The Bertz CT molecular complexity index is 708. The van der Waals surface area contributed by atoms with E-state index in [4.69, 9.17) is 4.74 Å². The molecule has 0 bridgehead atoms. The van der Waals surface area contributed by atoms with Crippen molar-refractivity contribution in [3.8, 4) is 5.88 Å². The van der Waals surface area contributed by atoms with Gasteiger partial charge in [0.1, 0.15) is 0 Å². The normalized spacial score (nSPS) is 20.6. The van der Waals surface area contributed by atoms with E-state index < -0.39 is 0 Å². The SMILES string of the molecule is CCCc1cc(C(=O)N[C@@H](c2ccc(OC)nc2)C2CC(O)C2)cs1. The highest BCUT2D eigenvalue weighted by Crippen LogP contribution is 2.38. The maximum Gasteiger partial charge on any atom is 0.252 e. The largest absolute Gasteiger partial charge is 0.481 e. The number of ether oxygens (including phenoxy) is 1. The van der Waals surface area contributed by atoms with Crippen molar-refractivity contribution in [2.45, 2.75) is 44.8 Å². The summed E-state index contributed by atoms with van der Waals surface area (Å²) in [5, 5.41) is 14.7. The molecule has 5 nitrogen and oxygen atoms in total. The minimum Gasteiger partial charge on any atom is -0.481 e. The smallest absolute Gasteiger partial charge is 0.252 e. The van der Waals surface area contributed by atoms with Gasteiger partial charge < -0.3 is 15.2 Å². The first-order valence-corrected chi connectivity index (χ1v) is 9.55. The number of nitrogens with one attached hydrogen (secondary N) is 1. The highest BCUT2D eigenvalue weighted by atomic mass is 32.1. The molecule has 0 aromatic carbocycles. The lowest BCUT2D eigenvalue weighted by molar-refractivity contribution is 0.0234. The number of rotatable bonds is 7. The van der Waals surface area contributed by atoms with Gasteiger partial charge in [0.25, 0.3) is 5.91 Å². The molecule has 3 rings (SSSR count). The molecule has 134 valence electrons. The summed E-state index contributed by atoms with van der Waals surface area (Å²) in [6.45, 7) is 2.13. The lowest BCUT2D eigenvalue weighted by Crippen LogP contribution is -2.41. The van der Waals surface area contributed by atoms with Gasteiger partial charge in [-0.3, -0.25) is 4.79 Å². The number of aromatic nitrogens is 1. The molecule has 1 aliphatic carbocycles. The van der Waals surface area contributed by atoms with E-state index in [1.165, 1.54) is 4.88 Å². The number of nitrogens with zero attached hydrogens (tertiary/aromatic N) is 1. The number of carbonyl (C=O) groups is 1. The quantitative estimate of drug-likeness (QED) is 0.794. The number of pyridine rings is 1. The second-order valence-electron chi connectivity index (χ2n) is 6.52. The summed E-state index contributed by atoms with van der Waals surface area (Å²) in [7, 11) is 1.58. The molecular weight excluding hydrogens is 336 g/mol. The third kappa shape index (κ3) is 4.19. The second kappa shape index (κ2) is 7.97. The van der Waals surface area contributed by atoms with Crippen molar-refractivity contribution in [3.05, 3.63) is 45.8 Å².